The molecule has 31 heavy (non-hydrogen) atoms. The summed E-state index contributed by atoms with van der Waals surface area (Å²) in [5, 5.41) is 6.92. The van der Waals surface area contributed by atoms with E-state index in [1.54, 1.807) is 0 Å². The largest absolute Gasteiger partial charge is 0.378 e. The smallest absolute Gasteiger partial charge is 0.255 e. The van der Waals surface area contributed by atoms with E-state index in [4.69, 9.17) is 0 Å². The van der Waals surface area contributed by atoms with Crippen LogP contribution in [0.2, 0.25) is 0 Å². The van der Waals surface area contributed by atoms with E-state index in [0.29, 0.717) is 17.9 Å². The Morgan fingerprint density at radius 2 is 1.71 bits per heavy atom. The van der Waals surface area contributed by atoms with E-state index >= 15 is 0 Å². The number of nitrogens with one attached hydrogen (secondary N) is 2. The highest BCUT2D eigenvalue weighted by Gasteiger charge is 2.53. The molecule has 0 saturated heterocycles. The highest BCUT2D eigenvalue weighted by atomic mass is 127. The predicted molar refractivity (Wildman–Crippen MR) is 133 cm³/mol. The summed E-state index contributed by atoms with van der Waals surface area (Å²) in [6, 6.07) is 25.4. The number of carbonyl (C=O) groups is 1. The third kappa shape index (κ3) is 3.36. The number of hydrogen-bond donors (Lipinski definition) is 2. The van der Waals surface area contributed by atoms with Crippen molar-refractivity contribution in [1.82, 2.24) is 0 Å². The van der Waals surface area contributed by atoms with Crippen LogP contribution in [-0.2, 0) is 0 Å². The number of amides is 1. The third-order valence-corrected chi connectivity index (χ3v) is 8.33. The molecule has 2 aliphatic carbocycles. The summed E-state index contributed by atoms with van der Waals surface area (Å²) in [6.07, 6.45) is 4.00. The first-order valence-corrected chi connectivity index (χ1v) is 12.3. The van der Waals surface area contributed by atoms with Gasteiger partial charge >= 0.3 is 0 Å². The molecule has 2 bridgehead atoms. The summed E-state index contributed by atoms with van der Waals surface area (Å²) in [6.45, 7) is 0. The van der Waals surface area contributed by atoms with E-state index in [-0.39, 0.29) is 5.91 Å². The maximum Gasteiger partial charge on any atom is 0.255 e. The van der Waals surface area contributed by atoms with E-state index in [1.165, 1.54) is 36.1 Å². The molecule has 3 aliphatic rings. The van der Waals surface area contributed by atoms with Crippen LogP contribution in [0.25, 0.3) is 0 Å². The molecule has 5 atom stereocenters. The molecule has 2 saturated carbocycles. The summed E-state index contributed by atoms with van der Waals surface area (Å²) in [4.78, 5) is 13.0. The van der Waals surface area contributed by atoms with Crippen LogP contribution >= 0.6 is 22.6 Å². The second-order valence-electron chi connectivity index (χ2n) is 9.23. The fourth-order valence-corrected chi connectivity index (χ4v) is 6.71. The molecule has 0 unspecified atom stereocenters. The molecule has 2 N–H and O–H groups in total. The van der Waals surface area contributed by atoms with Crippen molar-refractivity contribution >= 4 is 39.9 Å². The highest BCUT2D eigenvalue weighted by molar-refractivity contribution is 14.1. The van der Waals surface area contributed by atoms with Gasteiger partial charge in [0.25, 0.3) is 5.91 Å². The van der Waals surface area contributed by atoms with Crippen LogP contribution in [0.1, 0.15) is 52.7 Å². The quantitative estimate of drug-likeness (QED) is 0.372. The molecule has 156 valence electrons. The average Bonchev–Trinajstić information content (AvgIpc) is 3.43. The van der Waals surface area contributed by atoms with Crippen molar-refractivity contribution < 1.29 is 4.79 Å². The lowest BCUT2D eigenvalue weighted by Gasteiger charge is -2.43. The Balaban J connectivity index is 1.34. The zero-order valence-electron chi connectivity index (χ0n) is 17.2. The van der Waals surface area contributed by atoms with Crippen molar-refractivity contribution in [2.45, 2.75) is 31.2 Å². The number of rotatable bonds is 3. The Kier molecular flexibility index (Phi) is 4.78. The van der Waals surface area contributed by atoms with Gasteiger partial charge in [-0.05, 0) is 119 Å². The lowest BCUT2D eigenvalue weighted by Crippen LogP contribution is -2.35. The van der Waals surface area contributed by atoms with Gasteiger partial charge in [-0.2, -0.15) is 0 Å². The van der Waals surface area contributed by atoms with Gasteiger partial charge in [-0.25, -0.2) is 0 Å². The minimum atomic E-state index is -0.0334. The molecule has 6 rings (SSSR count). The van der Waals surface area contributed by atoms with E-state index < -0.39 is 0 Å². The van der Waals surface area contributed by atoms with Crippen LogP contribution in [0.4, 0.5) is 11.4 Å². The van der Waals surface area contributed by atoms with Crippen LogP contribution in [0.15, 0.2) is 72.8 Å². The molecule has 3 aromatic carbocycles. The van der Waals surface area contributed by atoms with Crippen LogP contribution in [0.5, 0.6) is 0 Å². The Bertz CT molecular complexity index is 1130. The Morgan fingerprint density at radius 1 is 0.935 bits per heavy atom. The van der Waals surface area contributed by atoms with Gasteiger partial charge in [-0.15, -0.1) is 0 Å². The van der Waals surface area contributed by atoms with Crippen LogP contribution < -0.4 is 10.6 Å². The molecule has 3 nitrogen and oxygen atoms in total. The molecule has 4 heteroatoms. The van der Waals surface area contributed by atoms with Crippen molar-refractivity contribution in [3.05, 3.63) is 93.1 Å². The van der Waals surface area contributed by atoms with Gasteiger partial charge < -0.3 is 10.6 Å². The zero-order chi connectivity index (χ0) is 20.9. The summed E-state index contributed by atoms with van der Waals surface area (Å²) in [5.74, 6) is 2.66. The van der Waals surface area contributed by atoms with Gasteiger partial charge in [0.1, 0.15) is 0 Å². The Morgan fingerprint density at radius 3 is 2.52 bits per heavy atom. The molecule has 3 aromatic rings. The number of anilines is 2. The first-order valence-electron chi connectivity index (χ1n) is 11.2. The Labute approximate surface area is 196 Å². The summed E-state index contributed by atoms with van der Waals surface area (Å²) < 4.78 is 1.16. The fourth-order valence-electron chi connectivity index (χ4n) is 6.35. The van der Waals surface area contributed by atoms with Gasteiger partial charge in [0.15, 0.2) is 0 Å². The van der Waals surface area contributed by atoms with Crippen molar-refractivity contribution in [1.29, 1.82) is 0 Å². The number of hydrogen-bond acceptors (Lipinski definition) is 2. The van der Waals surface area contributed by atoms with Crippen molar-refractivity contribution in [3.63, 3.8) is 0 Å². The second kappa shape index (κ2) is 7.66. The van der Waals surface area contributed by atoms with Gasteiger partial charge in [-0.3, -0.25) is 4.79 Å². The minimum absolute atomic E-state index is 0.0334. The normalized spacial score (nSPS) is 27.8. The molecule has 0 spiro atoms. The molecule has 1 amide bonds. The molecular weight excluding hydrogens is 495 g/mol. The maximum absolute atomic E-state index is 13.0. The third-order valence-electron chi connectivity index (χ3n) is 7.61. The highest BCUT2D eigenvalue weighted by Crippen LogP contribution is 2.63. The minimum Gasteiger partial charge on any atom is -0.378 e. The van der Waals surface area contributed by atoms with Crippen molar-refractivity contribution in [2.24, 2.45) is 17.8 Å². The standard InChI is InChI=1S/C27H25IN2O/c28-20-9-11-21(12-10-20)29-27(31)19-8-13-23-22(15-19)24-17-6-7-18(14-17)25(24)26(30-23)16-4-2-1-3-5-16/h1-5,8-13,15,17-18,24-26,30H,6-7,14H2,(H,29,31)/t17-,18-,24-,25-,26-/m0/s1. The molecule has 1 heterocycles. The zero-order valence-corrected chi connectivity index (χ0v) is 19.4. The summed E-state index contributed by atoms with van der Waals surface area (Å²) >= 11 is 2.27. The van der Waals surface area contributed by atoms with Crippen molar-refractivity contribution in [2.75, 3.05) is 10.6 Å². The molecule has 0 radical (unpaired) electrons. The molecular formula is C27H25IN2O. The average molecular weight is 520 g/mol. The monoisotopic (exact) mass is 520 g/mol. The lowest BCUT2D eigenvalue weighted by molar-refractivity contribution is 0.102. The van der Waals surface area contributed by atoms with Gasteiger partial charge in [0.2, 0.25) is 0 Å². The van der Waals surface area contributed by atoms with Crippen molar-refractivity contribution in [3.8, 4) is 0 Å². The van der Waals surface area contributed by atoms with E-state index in [9.17, 15) is 4.79 Å². The SMILES string of the molecule is O=C(Nc1ccc(I)cc1)c1ccc2c(c1)[C@@H]1[C@H]3CC[C@@H](C3)[C@@H]1[C@H](c1ccccc1)N2. The fraction of sp³-hybridized carbons (Fsp3) is 0.296. The summed E-state index contributed by atoms with van der Waals surface area (Å²) in [7, 11) is 0. The number of fused-ring (bicyclic) bond motifs is 7. The topological polar surface area (TPSA) is 41.1 Å². The van der Waals surface area contributed by atoms with Crippen LogP contribution in [0.3, 0.4) is 0 Å². The van der Waals surface area contributed by atoms with Gasteiger partial charge in [0, 0.05) is 20.5 Å². The lowest BCUT2D eigenvalue weighted by atomic mass is 9.68. The Hall–Kier alpha value is -2.34. The molecule has 0 aromatic heterocycles. The predicted octanol–water partition coefficient (Wildman–Crippen LogP) is 6.84. The second-order valence-corrected chi connectivity index (χ2v) is 10.5. The van der Waals surface area contributed by atoms with E-state index in [2.05, 4.69) is 75.7 Å². The number of carbonyl (C=O) groups excluding carboxylic acids is 1. The molecule has 1 aliphatic heterocycles. The van der Waals surface area contributed by atoms with Crippen LogP contribution in [-0.4, -0.2) is 5.91 Å². The van der Waals surface area contributed by atoms with E-state index in [0.717, 1.165) is 26.7 Å². The van der Waals surface area contributed by atoms with Gasteiger partial charge in [-0.1, -0.05) is 30.3 Å². The maximum atomic E-state index is 13.0. The molecule has 2 fully saturated rings. The first-order chi connectivity index (χ1) is 15.2. The number of halogens is 1. The summed E-state index contributed by atoms with van der Waals surface area (Å²) in [5.41, 5.74) is 5.52. The van der Waals surface area contributed by atoms with E-state index in [1.807, 2.05) is 30.3 Å². The van der Waals surface area contributed by atoms with Gasteiger partial charge in [0.05, 0.1) is 6.04 Å². The first kappa shape index (κ1) is 19.4. The van der Waals surface area contributed by atoms with Crippen LogP contribution in [0, 0.1) is 21.3 Å². The number of benzene rings is 3.